The lowest BCUT2D eigenvalue weighted by Gasteiger charge is -2.33. The second-order valence-electron chi connectivity index (χ2n) is 5.76. The Labute approximate surface area is 118 Å². The molecule has 20 heavy (non-hydrogen) atoms. The van der Waals surface area contributed by atoms with Crippen LogP contribution in [-0.2, 0) is 19.1 Å². The first kappa shape index (κ1) is 18.2. The Morgan fingerprint density at radius 1 is 1.10 bits per heavy atom. The summed E-state index contributed by atoms with van der Waals surface area (Å²) in [6.07, 6.45) is 2.92. The largest absolute Gasteiger partial charge is 0.456 e. The maximum Gasteiger partial charge on any atom is 0.362 e. The van der Waals surface area contributed by atoms with Crippen LogP contribution in [0.25, 0.3) is 0 Å². The van der Waals surface area contributed by atoms with Gasteiger partial charge in [0, 0.05) is 0 Å². The molecule has 0 N–H and O–H groups in total. The SMILES string of the molecule is CC(C)(C)OC(=O)C[N+](C)(CCN=C=O)CCN=C=O. The third-order valence-corrected chi connectivity index (χ3v) is 2.56. The highest BCUT2D eigenvalue weighted by Gasteiger charge is 2.28. The first-order valence-electron chi connectivity index (χ1n) is 6.35. The number of esters is 1. The number of carbonyl (C=O) groups is 1. The molecule has 0 saturated heterocycles. The molecule has 0 fully saturated rings. The normalized spacial score (nSPS) is 13.6. The van der Waals surface area contributed by atoms with Gasteiger partial charge in [-0.25, -0.2) is 14.4 Å². The van der Waals surface area contributed by atoms with Gasteiger partial charge in [-0.05, 0) is 20.8 Å². The fraction of sp³-hybridized carbons (Fsp3) is 0.769. The highest BCUT2D eigenvalue weighted by atomic mass is 16.6. The zero-order valence-electron chi connectivity index (χ0n) is 12.5. The van der Waals surface area contributed by atoms with Crippen LogP contribution in [0.4, 0.5) is 0 Å². The van der Waals surface area contributed by atoms with E-state index in [1.807, 2.05) is 7.05 Å². The fourth-order valence-corrected chi connectivity index (χ4v) is 1.63. The number of carbonyl (C=O) groups excluding carboxylic acids is 3. The van der Waals surface area contributed by atoms with E-state index in [4.69, 9.17) is 4.74 Å². The number of aliphatic imine (C=N–C) groups is 2. The minimum absolute atomic E-state index is 0.125. The van der Waals surface area contributed by atoms with Crippen molar-refractivity contribution >= 4 is 18.1 Å². The second kappa shape index (κ2) is 8.38. The minimum Gasteiger partial charge on any atom is -0.456 e. The van der Waals surface area contributed by atoms with Gasteiger partial charge in [-0.3, -0.25) is 0 Å². The third-order valence-electron chi connectivity index (χ3n) is 2.56. The lowest BCUT2D eigenvalue weighted by atomic mass is 10.2. The van der Waals surface area contributed by atoms with E-state index in [1.54, 1.807) is 20.8 Å². The molecule has 0 saturated carbocycles. The van der Waals surface area contributed by atoms with Crippen molar-refractivity contribution in [1.82, 2.24) is 0 Å². The van der Waals surface area contributed by atoms with Crippen LogP contribution >= 0.6 is 0 Å². The molecule has 7 nitrogen and oxygen atoms in total. The fourth-order valence-electron chi connectivity index (χ4n) is 1.63. The van der Waals surface area contributed by atoms with Gasteiger partial charge >= 0.3 is 5.97 Å². The summed E-state index contributed by atoms with van der Waals surface area (Å²) in [7, 11) is 1.82. The van der Waals surface area contributed by atoms with Crippen molar-refractivity contribution in [2.45, 2.75) is 26.4 Å². The van der Waals surface area contributed by atoms with Crippen LogP contribution in [0, 0.1) is 0 Å². The number of hydrogen-bond donors (Lipinski definition) is 0. The monoisotopic (exact) mass is 284 g/mol. The van der Waals surface area contributed by atoms with E-state index in [9.17, 15) is 14.4 Å². The summed E-state index contributed by atoms with van der Waals surface area (Å²) in [6.45, 7) is 6.95. The average Bonchev–Trinajstić information content (AvgIpc) is 2.26. The van der Waals surface area contributed by atoms with Gasteiger partial charge in [0.05, 0.1) is 20.1 Å². The topological polar surface area (TPSA) is 85.2 Å². The molecule has 112 valence electrons. The van der Waals surface area contributed by atoms with Gasteiger partial charge in [-0.1, -0.05) is 0 Å². The van der Waals surface area contributed by atoms with E-state index in [-0.39, 0.29) is 30.1 Å². The number of nitrogens with zero attached hydrogens (tertiary/aromatic N) is 3. The molecule has 0 aliphatic carbocycles. The number of likely N-dealkylation sites (N-methyl/N-ethyl adjacent to an activating group) is 1. The number of quaternary nitrogens is 1. The molecular formula is C13H22N3O4+. The Hall–Kier alpha value is -1.81. The lowest BCUT2D eigenvalue weighted by molar-refractivity contribution is -0.899. The molecule has 0 aromatic carbocycles. The van der Waals surface area contributed by atoms with Gasteiger partial charge in [0.2, 0.25) is 12.2 Å². The molecule has 7 heteroatoms. The van der Waals surface area contributed by atoms with Gasteiger partial charge in [0.15, 0.2) is 6.54 Å². The van der Waals surface area contributed by atoms with Gasteiger partial charge in [0.1, 0.15) is 18.7 Å². The van der Waals surface area contributed by atoms with E-state index in [1.165, 1.54) is 12.2 Å². The van der Waals surface area contributed by atoms with Crippen molar-refractivity contribution in [3.05, 3.63) is 0 Å². The molecule has 0 heterocycles. The van der Waals surface area contributed by atoms with Gasteiger partial charge in [0.25, 0.3) is 0 Å². The molecule has 0 amide bonds. The van der Waals surface area contributed by atoms with Crippen molar-refractivity contribution in [2.24, 2.45) is 9.98 Å². The maximum absolute atomic E-state index is 11.9. The van der Waals surface area contributed by atoms with Gasteiger partial charge < -0.3 is 9.22 Å². The van der Waals surface area contributed by atoms with E-state index < -0.39 is 5.60 Å². The Morgan fingerprint density at radius 3 is 1.90 bits per heavy atom. The van der Waals surface area contributed by atoms with E-state index in [0.717, 1.165) is 0 Å². The van der Waals surface area contributed by atoms with Crippen molar-refractivity contribution < 1.29 is 23.6 Å². The first-order chi connectivity index (χ1) is 9.22. The van der Waals surface area contributed by atoms with Gasteiger partial charge in [-0.15, -0.1) is 0 Å². The Kier molecular flexibility index (Phi) is 7.62. The molecule has 0 rings (SSSR count). The van der Waals surface area contributed by atoms with E-state index in [0.29, 0.717) is 13.1 Å². The minimum atomic E-state index is -0.552. The summed E-state index contributed by atoms with van der Waals surface area (Å²) < 4.78 is 5.56. The van der Waals surface area contributed by atoms with Crippen molar-refractivity contribution in [1.29, 1.82) is 0 Å². The van der Waals surface area contributed by atoms with Crippen LogP contribution in [-0.4, -0.2) is 68.0 Å². The van der Waals surface area contributed by atoms with E-state index in [2.05, 4.69) is 9.98 Å². The first-order valence-corrected chi connectivity index (χ1v) is 6.35. The average molecular weight is 284 g/mol. The van der Waals surface area contributed by atoms with Crippen molar-refractivity contribution in [3.8, 4) is 0 Å². The van der Waals surface area contributed by atoms with Crippen LogP contribution in [0.1, 0.15) is 20.8 Å². The quantitative estimate of drug-likeness (QED) is 0.280. The predicted molar refractivity (Wildman–Crippen MR) is 72.6 cm³/mol. The molecule has 0 aliphatic rings. The number of hydrogen-bond acceptors (Lipinski definition) is 6. The molecule has 0 aromatic rings. The summed E-state index contributed by atoms with van der Waals surface area (Å²) in [5.41, 5.74) is -0.552. The highest BCUT2D eigenvalue weighted by Crippen LogP contribution is 2.10. The van der Waals surface area contributed by atoms with Crippen molar-refractivity contribution in [3.63, 3.8) is 0 Å². The summed E-state index contributed by atoms with van der Waals surface area (Å²) in [5.74, 6) is -0.342. The summed E-state index contributed by atoms with van der Waals surface area (Å²) in [6, 6.07) is 0. The molecule has 0 spiro atoms. The Balaban J connectivity index is 4.68. The Morgan fingerprint density at radius 2 is 1.55 bits per heavy atom. The second-order valence-corrected chi connectivity index (χ2v) is 5.76. The van der Waals surface area contributed by atoms with Crippen LogP contribution < -0.4 is 0 Å². The molecule has 0 atom stereocenters. The lowest BCUT2D eigenvalue weighted by Crippen LogP contribution is -2.51. The molecular weight excluding hydrogens is 262 g/mol. The Bertz CT molecular complexity index is 394. The summed E-state index contributed by atoms with van der Waals surface area (Å²) in [5, 5.41) is 0. The molecule has 0 aromatic heterocycles. The summed E-state index contributed by atoms with van der Waals surface area (Å²) >= 11 is 0. The van der Waals surface area contributed by atoms with Crippen LogP contribution in [0.15, 0.2) is 9.98 Å². The van der Waals surface area contributed by atoms with Crippen molar-refractivity contribution in [2.75, 3.05) is 39.8 Å². The van der Waals surface area contributed by atoms with Crippen LogP contribution in [0.3, 0.4) is 0 Å². The molecule has 0 aliphatic heterocycles. The standard InChI is InChI=1S/C13H22N3O4/c1-13(2,3)20-12(19)9-16(4,7-5-14-10-17)8-6-15-11-18/h5-9H2,1-4H3/q+1. The van der Waals surface area contributed by atoms with E-state index >= 15 is 0 Å². The molecule has 0 bridgehead atoms. The van der Waals surface area contributed by atoms with Crippen LogP contribution in [0.5, 0.6) is 0 Å². The molecule has 0 radical (unpaired) electrons. The predicted octanol–water partition coefficient (Wildman–Crippen LogP) is 0.446. The molecule has 0 unspecified atom stereocenters. The number of isocyanates is 2. The maximum atomic E-state index is 11.9. The number of rotatable bonds is 8. The zero-order chi connectivity index (χ0) is 15.6. The third kappa shape index (κ3) is 9.16. The van der Waals surface area contributed by atoms with Crippen LogP contribution in [0.2, 0.25) is 0 Å². The van der Waals surface area contributed by atoms with Gasteiger partial charge in [-0.2, -0.15) is 9.98 Å². The summed E-state index contributed by atoms with van der Waals surface area (Å²) in [4.78, 5) is 39.1. The zero-order valence-corrected chi connectivity index (χ0v) is 12.5. The highest BCUT2D eigenvalue weighted by molar-refractivity contribution is 5.71. The number of ether oxygens (including phenoxy) is 1. The smallest absolute Gasteiger partial charge is 0.362 e.